The van der Waals surface area contributed by atoms with Crippen LogP contribution in [-0.4, -0.2) is 6.16 Å². The van der Waals surface area contributed by atoms with E-state index in [2.05, 4.69) is 114 Å². The molecule has 3 aromatic carbocycles. The van der Waals surface area contributed by atoms with Crippen molar-refractivity contribution in [3.05, 3.63) is 88.5 Å². The summed E-state index contributed by atoms with van der Waals surface area (Å²) in [5, 5.41) is 4.51. The normalized spacial score (nSPS) is 11.4. The first-order chi connectivity index (χ1) is 11.8. The van der Waals surface area contributed by atoms with Crippen LogP contribution in [0.4, 0.5) is 0 Å². The van der Waals surface area contributed by atoms with Gasteiger partial charge >= 0.3 is 0 Å². The van der Waals surface area contributed by atoms with Crippen molar-refractivity contribution >= 4 is 45.8 Å². The van der Waals surface area contributed by atoms with Crippen LogP contribution in [0.25, 0.3) is 0 Å². The van der Waals surface area contributed by atoms with Crippen LogP contribution in [0.3, 0.4) is 0 Å². The number of hydrogen-bond donors (Lipinski definition) is 0. The van der Waals surface area contributed by atoms with Crippen molar-refractivity contribution in [2.24, 2.45) is 0 Å². The number of halogens is 1. The Balaban J connectivity index is 2.31. The maximum absolute atomic E-state index is 2.52. The van der Waals surface area contributed by atoms with E-state index < -0.39 is 7.26 Å². The van der Waals surface area contributed by atoms with Gasteiger partial charge in [0.25, 0.3) is 0 Å². The summed E-state index contributed by atoms with van der Waals surface area (Å²) in [6.45, 7) is 2.29. The third kappa shape index (κ3) is 3.43. The fourth-order valence-electron chi connectivity index (χ4n) is 3.33. The SMILES string of the molecule is CCCC[P+](c1ccccc1)(c1ccccc1)c1ccccc1I. The van der Waals surface area contributed by atoms with Crippen LogP contribution < -0.4 is 15.9 Å². The number of benzene rings is 3. The second-order valence-electron chi connectivity index (χ2n) is 6.01. The van der Waals surface area contributed by atoms with Crippen molar-refractivity contribution in [3.8, 4) is 0 Å². The Labute approximate surface area is 159 Å². The molecule has 0 bridgehead atoms. The lowest BCUT2D eigenvalue weighted by atomic mass is 10.3. The molecule has 0 aliphatic heterocycles. The van der Waals surface area contributed by atoms with Crippen molar-refractivity contribution in [3.63, 3.8) is 0 Å². The third-order valence-electron chi connectivity index (χ3n) is 4.50. The molecule has 3 aromatic rings. The molecule has 0 saturated carbocycles. The summed E-state index contributed by atoms with van der Waals surface area (Å²) in [7, 11) is -1.61. The smallest absolute Gasteiger partial charge is 0.0652 e. The predicted octanol–water partition coefficient (Wildman–Crippen LogP) is 5.39. The minimum atomic E-state index is -1.61. The van der Waals surface area contributed by atoms with Gasteiger partial charge in [0.1, 0.15) is 23.2 Å². The Hall–Kier alpha value is -1.18. The summed E-state index contributed by atoms with van der Waals surface area (Å²) in [4.78, 5) is 0. The molecule has 0 aliphatic rings. The molecule has 0 heterocycles. The maximum atomic E-state index is 2.52. The second-order valence-corrected chi connectivity index (χ2v) is 10.8. The van der Waals surface area contributed by atoms with Gasteiger partial charge in [0.2, 0.25) is 0 Å². The van der Waals surface area contributed by atoms with Gasteiger partial charge in [0.15, 0.2) is 0 Å². The van der Waals surface area contributed by atoms with Crippen LogP contribution in [0, 0.1) is 3.57 Å². The zero-order chi connectivity index (χ0) is 16.8. The summed E-state index contributed by atoms with van der Waals surface area (Å²) in [6, 6.07) is 31.3. The molecule has 0 aromatic heterocycles. The van der Waals surface area contributed by atoms with Crippen LogP contribution in [0.2, 0.25) is 0 Å². The van der Waals surface area contributed by atoms with Crippen molar-refractivity contribution < 1.29 is 0 Å². The first kappa shape index (κ1) is 17.6. The van der Waals surface area contributed by atoms with Gasteiger partial charge in [-0.2, -0.15) is 0 Å². The molecule has 0 atom stereocenters. The van der Waals surface area contributed by atoms with Crippen molar-refractivity contribution in [1.82, 2.24) is 0 Å². The Morgan fingerprint density at radius 3 is 1.71 bits per heavy atom. The molecule has 2 heteroatoms. The highest BCUT2D eigenvalue weighted by Gasteiger charge is 2.45. The largest absolute Gasteiger partial charge is 0.118 e. The van der Waals surface area contributed by atoms with E-state index in [9.17, 15) is 0 Å². The molecular weight excluding hydrogens is 422 g/mol. The standard InChI is InChI=1S/C22H23IP/c1-2-3-18-24(19-12-6-4-7-13-19,20-14-8-5-9-15-20)22-17-11-10-16-21(22)23/h4-17H,2-3,18H2,1H3/q+1. The van der Waals surface area contributed by atoms with E-state index in [4.69, 9.17) is 0 Å². The van der Waals surface area contributed by atoms with E-state index in [1.54, 1.807) is 0 Å². The highest BCUT2D eigenvalue weighted by atomic mass is 127. The third-order valence-corrected chi connectivity index (χ3v) is 10.4. The van der Waals surface area contributed by atoms with E-state index in [1.165, 1.54) is 38.5 Å². The lowest BCUT2D eigenvalue weighted by Crippen LogP contribution is -2.34. The van der Waals surface area contributed by atoms with Gasteiger partial charge in [-0.15, -0.1) is 0 Å². The van der Waals surface area contributed by atoms with Gasteiger partial charge in [-0.05, 0) is 65.4 Å². The van der Waals surface area contributed by atoms with Crippen LogP contribution in [-0.2, 0) is 0 Å². The first-order valence-electron chi connectivity index (χ1n) is 8.53. The number of hydrogen-bond acceptors (Lipinski definition) is 0. The summed E-state index contributed by atoms with van der Waals surface area (Å²) >= 11 is 2.52. The van der Waals surface area contributed by atoms with Crippen LogP contribution >= 0.6 is 29.9 Å². The molecule has 3 rings (SSSR count). The van der Waals surface area contributed by atoms with E-state index in [-0.39, 0.29) is 0 Å². The zero-order valence-corrected chi connectivity index (χ0v) is 17.1. The molecule has 0 N–H and O–H groups in total. The molecule has 0 unspecified atom stereocenters. The summed E-state index contributed by atoms with van der Waals surface area (Å²) < 4.78 is 1.38. The summed E-state index contributed by atoms with van der Waals surface area (Å²) in [5.41, 5.74) is 0. The molecular formula is C22H23IP+. The highest BCUT2D eigenvalue weighted by molar-refractivity contribution is 14.1. The van der Waals surface area contributed by atoms with Gasteiger partial charge in [-0.3, -0.25) is 0 Å². The van der Waals surface area contributed by atoms with Crippen molar-refractivity contribution in [2.75, 3.05) is 6.16 Å². The van der Waals surface area contributed by atoms with E-state index >= 15 is 0 Å². The second kappa shape index (κ2) is 8.27. The Morgan fingerprint density at radius 2 is 1.21 bits per heavy atom. The minimum absolute atomic E-state index is 1.23. The maximum Gasteiger partial charge on any atom is 0.118 e. The van der Waals surface area contributed by atoms with Crippen LogP contribution in [0.1, 0.15) is 19.8 Å². The van der Waals surface area contributed by atoms with E-state index in [0.717, 1.165) is 0 Å². The van der Waals surface area contributed by atoms with Crippen LogP contribution in [0.5, 0.6) is 0 Å². The molecule has 0 saturated heterocycles. The average Bonchev–Trinajstić information content (AvgIpc) is 2.65. The topological polar surface area (TPSA) is 0 Å². The van der Waals surface area contributed by atoms with Gasteiger partial charge in [0.05, 0.1) is 9.73 Å². The molecule has 122 valence electrons. The quantitative estimate of drug-likeness (QED) is 0.353. The van der Waals surface area contributed by atoms with Crippen molar-refractivity contribution in [1.29, 1.82) is 0 Å². The molecule has 24 heavy (non-hydrogen) atoms. The first-order valence-corrected chi connectivity index (χ1v) is 11.6. The van der Waals surface area contributed by atoms with Crippen LogP contribution in [0.15, 0.2) is 84.9 Å². The van der Waals surface area contributed by atoms with Gasteiger partial charge < -0.3 is 0 Å². The summed E-state index contributed by atoms with van der Waals surface area (Å²) in [5.74, 6) is 0. The average molecular weight is 445 g/mol. The molecule has 0 fully saturated rings. The van der Waals surface area contributed by atoms with Crippen molar-refractivity contribution in [2.45, 2.75) is 19.8 Å². The number of rotatable bonds is 6. The van der Waals surface area contributed by atoms with Gasteiger partial charge in [-0.25, -0.2) is 0 Å². The fraction of sp³-hybridized carbons (Fsp3) is 0.182. The van der Waals surface area contributed by atoms with E-state index in [0.29, 0.717) is 0 Å². The monoisotopic (exact) mass is 445 g/mol. The fourth-order valence-corrected chi connectivity index (χ4v) is 9.49. The van der Waals surface area contributed by atoms with Gasteiger partial charge in [-0.1, -0.05) is 61.9 Å². The number of unbranched alkanes of at least 4 members (excludes halogenated alkanes) is 1. The molecule has 0 nitrogen and oxygen atoms in total. The summed E-state index contributed by atoms with van der Waals surface area (Å²) in [6.07, 6.45) is 3.71. The zero-order valence-electron chi connectivity index (χ0n) is 14.0. The Bertz CT molecular complexity index is 729. The highest BCUT2D eigenvalue weighted by Crippen LogP contribution is 2.56. The lowest BCUT2D eigenvalue weighted by Gasteiger charge is -2.28. The molecule has 0 aliphatic carbocycles. The Kier molecular flexibility index (Phi) is 6.08. The lowest BCUT2D eigenvalue weighted by molar-refractivity contribution is 0.891. The minimum Gasteiger partial charge on any atom is -0.0652 e. The molecule has 0 spiro atoms. The van der Waals surface area contributed by atoms with Gasteiger partial charge in [0, 0.05) is 0 Å². The van der Waals surface area contributed by atoms with E-state index in [1.807, 2.05) is 0 Å². The predicted molar refractivity (Wildman–Crippen MR) is 118 cm³/mol. The Morgan fingerprint density at radius 1 is 0.708 bits per heavy atom. The molecule has 0 amide bonds. The molecule has 0 radical (unpaired) electrons.